The highest BCUT2D eigenvalue weighted by Crippen LogP contribution is 2.13. The molecule has 0 atom stereocenters. The van der Waals surface area contributed by atoms with E-state index >= 15 is 0 Å². The standard InChI is InChI=1S/C20H35N3O2/c1-2-3-4-5-6-7-8-9-10-11-12-13-14-15-19(24)22-18-16-17-21-20(25)23-18/h16-17H,2-15H2,1H3,(H2,21,22,23,24,25). The number of amides is 1. The Labute approximate surface area is 152 Å². The van der Waals surface area contributed by atoms with Crippen LogP contribution in [0.25, 0.3) is 0 Å². The third kappa shape index (κ3) is 12.4. The van der Waals surface area contributed by atoms with Crippen LogP contribution in [-0.4, -0.2) is 15.9 Å². The first-order valence-electron chi connectivity index (χ1n) is 10.1. The average molecular weight is 350 g/mol. The fourth-order valence-corrected chi connectivity index (χ4v) is 2.95. The number of unbranched alkanes of at least 4 members (excludes halogenated alkanes) is 12. The van der Waals surface area contributed by atoms with E-state index in [0.717, 1.165) is 12.8 Å². The maximum atomic E-state index is 11.8. The maximum absolute atomic E-state index is 11.8. The minimum atomic E-state index is -0.446. The molecular formula is C20H35N3O2. The fraction of sp³-hybridized carbons (Fsp3) is 0.750. The first-order valence-corrected chi connectivity index (χ1v) is 10.1. The minimum Gasteiger partial charge on any atom is -0.313 e. The molecule has 5 nitrogen and oxygen atoms in total. The molecule has 0 aliphatic carbocycles. The lowest BCUT2D eigenvalue weighted by molar-refractivity contribution is -0.116. The third-order valence-corrected chi connectivity index (χ3v) is 4.44. The summed E-state index contributed by atoms with van der Waals surface area (Å²) in [5.41, 5.74) is -0.446. The van der Waals surface area contributed by atoms with E-state index in [4.69, 9.17) is 0 Å². The second-order valence-electron chi connectivity index (χ2n) is 6.82. The van der Waals surface area contributed by atoms with Gasteiger partial charge in [-0.3, -0.25) is 4.79 Å². The summed E-state index contributed by atoms with van der Waals surface area (Å²) in [6, 6.07) is 1.59. The molecule has 0 radical (unpaired) electrons. The van der Waals surface area contributed by atoms with Gasteiger partial charge >= 0.3 is 5.69 Å². The highest BCUT2D eigenvalue weighted by atomic mass is 16.2. The number of nitrogens with one attached hydrogen (secondary N) is 2. The first-order chi connectivity index (χ1) is 12.2. The number of carbonyl (C=O) groups excluding carboxylic acids is 1. The summed E-state index contributed by atoms with van der Waals surface area (Å²) in [6.07, 6.45) is 18.8. The second-order valence-corrected chi connectivity index (χ2v) is 6.82. The number of hydrogen-bond acceptors (Lipinski definition) is 3. The number of nitrogens with zero attached hydrogens (tertiary/aromatic N) is 1. The molecule has 0 aliphatic rings. The fourth-order valence-electron chi connectivity index (χ4n) is 2.95. The normalized spacial score (nSPS) is 10.8. The number of aromatic nitrogens is 2. The van der Waals surface area contributed by atoms with Crippen molar-refractivity contribution in [1.82, 2.24) is 9.97 Å². The van der Waals surface area contributed by atoms with Crippen molar-refractivity contribution in [3.63, 3.8) is 0 Å². The molecule has 0 unspecified atom stereocenters. The van der Waals surface area contributed by atoms with Crippen molar-refractivity contribution in [2.75, 3.05) is 5.32 Å². The molecule has 0 spiro atoms. The lowest BCUT2D eigenvalue weighted by atomic mass is 10.0. The predicted octanol–water partition coefficient (Wildman–Crippen LogP) is 5.19. The number of rotatable bonds is 15. The summed E-state index contributed by atoms with van der Waals surface area (Å²) >= 11 is 0. The molecule has 0 saturated carbocycles. The Hall–Kier alpha value is -1.65. The van der Waals surface area contributed by atoms with Gasteiger partial charge < -0.3 is 10.3 Å². The van der Waals surface area contributed by atoms with Gasteiger partial charge in [0, 0.05) is 12.6 Å². The quantitative estimate of drug-likeness (QED) is 0.428. The van der Waals surface area contributed by atoms with Crippen molar-refractivity contribution in [1.29, 1.82) is 0 Å². The van der Waals surface area contributed by atoms with Gasteiger partial charge in [-0.05, 0) is 12.5 Å². The van der Waals surface area contributed by atoms with Crippen molar-refractivity contribution in [2.45, 2.75) is 96.8 Å². The number of H-pyrrole nitrogens is 1. The van der Waals surface area contributed by atoms with Gasteiger partial charge in [0.25, 0.3) is 0 Å². The molecule has 1 rings (SSSR count). The highest BCUT2D eigenvalue weighted by molar-refractivity contribution is 5.89. The number of carbonyl (C=O) groups is 1. The third-order valence-electron chi connectivity index (χ3n) is 4.44. The van der Waals surface area contributed by atoms with Crippen LogP contribution >= 0.6 is 0 Å². The zero-order valence-corrected chi connectivity index (χ0v) is 15.8. The van der Waals surface area contributed by atoms with E-state index in [1.54, 1.807) is 6.07 Å². The molecule has 1 aromatic heterocycles. The van der Waals surface area contributed by atoms with Crippen LogP contribution in [-0.2, 0) is 4.79 Å². The van der Waals surface area contributed by atoms with Crippen molar-refractivity contribution >= 4 is 11.7 Å². The summed E-state index contributed by atoms with van der Waals surface area (Å²) in [7, 11) is 0. The van der Waals surface area contributed by atoms with Gasteiger partial charge in [-0.25, -0.2) is 4.79 Å². The van der Waals surface area contributed by atoms with Crippen LogP contribution in [0.3, 0.4) is 0 Å². The summed E-state index contributed by atoms with van der Waals surface area (Å²) in [5.74, 6) is 0.254. The van der Waals surface area contributed by atoms with Gasteiger partial charge in [0.15, 0.2) is 0 Å². The number of anilines is 1. The second kappa shape index (κ2) is 14.7. The first kappa shape index (κ1) is 21.4. The molecule has 1 aromatic rings. The molecule has 5 heteroatoms. The van der Waals surface area contributed by atoms with E-state index in [1.165, 1.54) is 76.8 Å². The lowest BCUT2D eigenvalue weighted by Gasteiger charge is -2.04. The molecule has 1 amide bonds. The SMILES string of the molecule is CCCCCCCCCCCCCCCC(=O)Nc1cc[nH]c(=O)n1. The van der Waals surface area contributed by atoms with E-state index in [9.17, 15) is 9.59 Å². The van der Waals surface area contributed by atoms with Crippen molar-refractivity contribution in [2.24, 2.45) is 0 Å². The van der Waals surface area contributed by atoms with Gasteiger partial charge in [0.05, 0.1) is 0 Å². The summed E-state index contributed by atoms with van der Waals surface area (Å²) in [6.45, 7) is 2.26. The molecule has 0 bridgehead atoms. The van der Waals surface area contributed by atoms with E-state index in [2.05, 4.69) is 22.2 Å². The zero-order valence-electron chi connectivity index (χ0n) is 15.8. The van der Waals surface area contributed by atoms with E-state index in [0.29, 0.717) is 12.2 Å². The van der Waals surface area contributed by atoms with Crippen LogP contribution < -0.4 is 11.0 Å². The molecule has 25 heavy (non-hydrogen) atoms. The van der Waals surface area contributed by atoms with Crippen LogP contribution in [0.5, 0.6) is 0 Å². The Balaban J connectivity index is 1.87. The van der Waals surface area contributed by atoms with Crippen LogP contribution in [0.1, 0.15) is 96.8 Å². The predicted molar refractivity (Wildman–Crippen MR) is 104 cm³/mol. The number of aromatic amines is 1. The van der Waals surface area contributed by atoms with Crippen molar-refractivity contribution in [3.8, 4) is 0 Å². The van der Waals surface area contributed by atoms with Gasteiger partial charge in [-0.15, -0.1) is 0 Å². The van der Waals surface area contributed by atoms with Gasteiger partial charge in [-0.1, -0.05) is 84.0 Å². The van der Waals surface area contributed by atoms with Crippen LogP contribution in [0.2, 0.25) is 0 Å². The molecule has 1 heterocycles. The van der Waals surface area contributed by atoms with Gasteiger partial charge in [0.1, 0.15) is 5.82 Å². The molecule has 142 valence electrons. The Kier molecular flexibility index (Phi) is 12.6. The largest absolute Gasteiger partial charge is 0.346 e. The van der Waals surface area contributed by atoms with E-state index in [-0.39, 0.29) is 5.91 Å². The molecule has 0 aromatic carbocycles. The van der Waals surface area contributed by atoms with E-state index < -0.39 is 5.69 Å². The van der Waals surface area contributed by atoms with Crippen molar-refractivity contribution in [3.05, 3.63) is 22.7 Å². The Bertz CT molecular complexity index is 514. The molecule has 2 N–H and O–H groups in total. The Morgan fingerprint density at radius 2 is 1.44 bits per heavy atom. The van der Waals surface area contributed by atoms with Crippen LogP contribution in [0.15, 0.2) is 17.1 Å². The minimum absolute atomic E-state index is 0.0684. The topological polar surface area (TPSA) is 74.8 Å². The number of hydrogen-bond donors (Lipinski definition) is 2. The maximum Gasteiger partial charge on any atom is 0.346 e. The Morgan fingerprint density at radius 3 is 1.96 bits per heavy atom. The molecule has 0 aliphatic heterocycles. The summed E-state index contributed by atoms with van der Waals surface area (Å²) in [4.78, 5) is 28.9. The Morgan fingerprint density at radius 1 is 0.920 bits per heavy atom. The average Bonchev–Trinajstić information content (AvgIpc) is 2.59. The van der Waals surface area contributed by atoms with Crippen LogP contribution in [0.4, 0.5) is 5.82 Å². The zero-order chi connectivity index (χ0) is 18.2. The van der Waals surface area contributed by atoms with Gasteiger partial charge in [0.2, 0.25) is 5.91 Å². The molecule has 0 saturated heterocycles. The molecule has 0 fully saturated rings. The monoisotopic (exact) mass is 349 g/mol. The van der Waals surface area contributed by atoms with Crippen molar-refractivity contribution < 1.29 is 4.79 Å². The highest BCUT2D eigenvalue weighted by Gasteiger charge is 2.03. The van der Waals surface area contributed by atoms with E-state index in [1.807, 2.05) is 0 Å². The molecular weight excluding hydrogens is 314 g/mol. The van der Waals surface area contributed by atoms with Crippen LogP contribution in [0, 0.1) is 0 Å². The smallest absolute Gasteiger partial charge is 0.313 e. The lowest BCUT2D eigenvalue weighted by Crippen LogP contribution is -2.17. The summed E-state index contributed by atoms with van der Waals surface area (Å²) < 4.78 is 0. The van der Waals surface area contributed by atoms with Gasteiger partial charge in [-0.2, -0.15) is 4.98 Å². The summed E-state index contributed by atoms with van der Waals surface area (Å²) in [5, 5.41) is 2.66.